The summed E-state index contributed by atoms with van der Waals surface area (Å²) in [6.07, 6.45) is 13.4. The highest BCUT2D eigenvalue weighted by molar-refractivity contribution is 7.33. The summed E-state index contributed by atoms with van der Waals surface area (Å²) in [6.45, 7) is 24.9. The van der Waals surface area contributed by atoms with Crippen molar-refractivity contribution in [2.24, 2.45) is 0 Å². The highest BCUT2D eigenvalue weighted by Gasteiger charge is 2.27. The van der Waals surface area contributed by atoms with Crippen LogP contribution in [0, 0.1) is 0 Å². The number of hydrogen-bond donors (Lipinski definition) is 2. The number of hydrogen-bond acceptors (Lipinski definition) is 5. The number of benzene rings is 2. The summed E-state index contributed by atoms with van der Waals surface area (Å²) in [5, 5.41) is 21.8. The first-order chi connectivity index (χ1) is 19.1. The zero-order valence-electron chi connectivity index (χ0n) is 27.5. The van der Waals surface area contributed by atoms with Gasteiger partial charge in [-0.15, -0.1) is 0 Å². The molecule has 0 aromatic heterocycles. The molecule has 0 aliphatic carbocycles. The van der Waals surface area contributed by atoms with E-state index in [9.17, 15) is 14.8 Å². The zero-order valence-corrected chi connectivity index (χ0v) is 28.4. The van der Waals surface area contributed by atoms with E-state index in [4.69, 9.17) is 9.05 Å². The van der Waals surface area contributed by atoms with Crippen LogP contribution in [0.2, 0.25) is 0 Å². The fourth-order valence-corrected chi connectivity index (χ4v) is 4.80. The van der Waals surface area contributed by atoms with E-state index in [2.05, 4.69) is 83.1 Å². The van der Waals surface area contributed by atoms with Crippen LogP contribution in [0.1, 0.15) is 116 Å². The second-order valence-corrected chi connectivity index (χ2v) is 15.6. The Balaban J connectivity index is 2.04. The van der Waals surface area contributed by atoms with Gasteiger partial charge >= 0.3 is 8.25 Å². The highest BCUT2D eigenvalue weighted by Crippen LogP contribution is 2.41. The molecule has 42 heavy (non-hydrogen) atoms. The molecule has 0 atom stereocenters. The SMILES string of the molecule is CC(C)(C)c1cc(C=CC=CO[P+](=O)OC=CC=Cc2cc(C(C)(C)C)c(O)c(C(C)(C)C)c2)cc(C(C)(C)C)c1O. The van der Waals surface area contributed by atoms with Crippen molar-refractivity contribution in [1.29, 1.82) is 0 Å². The Kier molecular flexibility index (Phi) is 11.1. The van der Waals surface area contributed by atoms with Crippen LogP contribution in [-0.2, 0) is 35.3 Å². The number of phenolic OH excluding ortho intramolecular Hbond substituents is 2. The first-order valence-electron chi connectivity index (χ1n) is 14.4. The summed E-state index contributed by atoms with van der Waals surface area (Å²) < 4.78 is 22.4. The topological polar surface area (TPSA) is 76.0 Å². The average molecular weight is 594 g/mol. The molecular weight excluding hydrogens is 543 g/mol. The standard InChI is InChI=1S/C36H49O5P/c1-33(2,3)27-21-25(22-28(31(27)37)34(4,5)6)17-13-15-19-40-42(39)41-20-16-14-18-26-23-29(35(7,8)9)32(38)30(24-26)36(10,11)12/h13-24H,1-12H3,(H-,37,38)/p+1. The molecule has 2 rings (SSSR count). The maximum atomic E-state index is 12.1. The minimum absolute atomic E-state index is 0.208. The van der Waals surface area contributed by atoms with E-state index >= 15 is 0 Å². The van der Waals surface area contributed by atoms with E-state index in [0.717, 1.165) is 33.4 Å². The van der Waals surface area contributed by atoms with Crippen LogP contribution in [0.5, 0.6) is 11.5 Å². The summed E-state index contributed by atoms with van der Waals surface area (Å²) in [7, 11) is -2.37. The first kappa shape index (κ1) is 34.9. The monoisotopic (exact) mass is 593 g/mol. The molecule has 0 unspecified atom stereocenters. The van der Waals surface area contributed by atoms with Gasteiger partial charge < -0.3 is 10.2 Å². The smallest absolute Gasteiger partial charge is 0.507 e. The fourth-order valence-electron chi connectivity index (χ4n) is 4.41. The Labute approximate surface area is 254 Å². The van der Waals surface area contributed by atoms with Crippen molar-refractivity contribution >= 4 is 20.4 Å². The fraction of sp³-hybridized carbons (Fsp3) is 0.444. The van der Waals surface area contributed by atoms with Crippen molar-refractivity contribution < 1.29 is 23.8 Å². The van der Waals surface area contributed by atoms with Crippen LogP contribution in [0.25, 0.3) is 12.2 Å². The molecule has 0 fully saturated rings. The van der Waals surface area contributed by atoms with E-state index in [1.165, 1.54) is 12.5 Å². The third-order valence-corrected chi connectivity index (χ3v) is 7.33. The van der Waals surface area contributed by atoms with Gasteiger partial charge in [0.15, 0.2) is 12.5 Å². The van der Waals surface area contributed by atoms with Crippen LogP contribution in [0.15, 0.2) is 61.1 Å². The number of allylic oxidation sites excluding steroid dienone is 4. The summed E-state index contributed by atoms with van der Waals surface area (Å²) in [5.41, 5.74) is 4.65. The summed E-state index contributed by atoms with van der Waals surface area (Å²) in [4.78, 5) is 0. The lowest BCUT2D eigenvalue weighted by molar-refractivity contribution is 0.356. The number of aromatic hydroxyl groups is 2. The van der Waals surface area contributed by atoms with Gasteiger partial charge in [-0.1, -0.05) is 107 Å². The molecule has 0 heterocycles. The molecule has 0 aliphatic rings. The van der Waals surface area contributed by atoms with Gasteiger partial charge in [0.05, 0.1) is 0 Å². The predicted octanol–water partition coefficient (Wildman–Crippen LogP) is 10.7. The molecule has 0 saturated carbocycles. The quantitative estimate of drug-likeness (QED) is 0.181. The first-order valence-corrected chi connectivity index (χ1v) is 15.4. The second-order valence-electron chi connectivity index (χ2n) is 14.7. The van der Waals surface area contributed by atoms with Crippen LogP contribution >= 0.6 is 8.25 Å². The number of rotatable bonds is 8. The van der Waals surface area contributed by atoms with Crippen molar-refractivity contribution in [1.82, 2.24) is 0 Å². The van der Waals surface area contributed by atoms with Crippen molar-refractivity contribution in [2.45, 2.75) is 105 Å². The zero-order chi connectivity index (χ0) is 32.1. The molecule has 6 heteroatoms. The second kappa shape index (κ2) is 13.3. The van der Waals surface area contributed by atoms with E-state index in [1.54, 1.807) is 24.3 Å². The van der Waals surface area contributed by atoms with Gasteiger partial charge in [0.1, 0.15) is 11.5 Å². The lowest BCUT2D eigenvalue weighted by Crippen LogP contribution is -2.17. The number of phenols is 2. The summed E-state index contributed by atoms with van der Waals surface area (Å²) in [5.74, 6) is 0.686. The maximum absolute atomic E-state index is 12.1. The van der Waals surface area contributed by atoms with Gasteiger partial charge in [-0.2, -0.15) is 0 Å². The maximum Gasteiger partial charge on any atom is 0.804 e. The van der Waals surface area contributed by atoms with Crippen molar-refractivity contribution in [3.05, 3.63) is 94.5 Å². The molecule has 0 spiro atoms. The lowest BCUT2D eigenvalue weighted by Gasteiger charge is -2.27. The Hall–Kier alpha value is -3.30. The minimum Gasteiger partial charge on any atom is -0.507 e. The Morgan fingerprint density at radius 2 is 0.786 bits per heavy atom. The van der Waals surface area contributed by atoms with Crippen molar-refractivity contribution in [3.8, 4) is 11.5 Å². The van der Waals surface area contributed by atoms with Crippen molar-refractivity contribution in [3.63, 3.8) is 0 Å². The lowest BCUT2D eigenvalue weighted by atomic mass is 9.78. The van der Waals surface area contributed by atoms with E-state index in [1.807, 2.05) is 36.4 Å². The summed E-state index contributed by atoms with van der Waals surface area (Å²) >= 11 is 0. The molecule has 0 saturated heterocycles. The van der Waals surface area contributed by atoms with Crippen LogP contribution in [0.3, 0.4) is 0 Å². The third kappa shape index (κ3) is 9.91. The Bertz CT molecular complexity index is 1210. The van der Waals surface area contributed by atoms with Gasteiger partial charge in [-0.05, 0) is 69.2 Å². The molecule has 0 radical (unpaired) electrons. The molecule has 2 N–H and O–H groups in total. The van der Waals surface area contributed by atoms with E-state index < -0.39 is 8.25 Å². The van der Waals surface area contributed by atoms with Crippen LogP contribution in [-0.4, -0.2) is 10.2 Å². The molecule has 0 aliphatic heterocycles. The molecule has 228 valence electrons. The average Bonchev–Trinajstić information content (AvgIpc) is 2.82. The third-order valence-electron chi connectivity index (χ3n) is 6.75. The van der Waals surface area contributed by atoms with Gasteiger partial charge in [0.2, 0.25) is 0 Å². The van der Waals surface area contributed by atoms with Crippen LogP contribution in [0.4, 0.5) is 0 Å². The van der Waals surface area contributed by atoms with E-state index in [-0.39, 0.29) is 21.7 Å². The van der Waals surface area contributed by atoms with Gasteiger partial charge in [-0.25, -0.2) is 9.05 Å². The molecule has 0 amide bonds. The normalized spacial score (nSPS) is 14.0. The largest absolute Gasteiger partial charge is 0.804 e. The van der Waals surface area contributed by atoms with Gasteiger partial charge in [0.25, 0.3) is 0 Å². The molecule has 0 bridgehead atoms. The highest BCUT2D eigenvalue weighted by atomic mass is 31.1. The van der Waals surface area contributed by atoms with E-state index in [0.29, 0.717) is 11.5 Å². The molecule has 5 nitrogen and oxygen atoms in total. The van der Waals surface area contributed by atoms with Crippen molar-refractivity contribution in [2.75, 3.05) is 0 Å². The molecule has 2 aromatic carbocycles. The Morgan fingerprint density at radius 1 is 0.524 bits per heavy atom. The molecular formula is C36H50O5P+. The molecule has 2 aromatic rings. The van der Waals surface area contributed by atoms with Gasteiger partial charge in [-0.3, -0.25) is 0 Å². The summed E-state index contributed by atoms with van der Waals surface area (Å²) in [6, 6.07) is 7.96. The predicted molar refractivity (Wildman–Crippen MR) is 177 cm³/mol. The van der Waals surface area contributed by atoms with Gasteiger partial charge in [0, 0.05) is 26.8 Å². The Morgan fingerprint density at radius 3 is 1.02 bits per heavy atom. The minimum atomic E-state index is -2.37. The van der Waals surface area contributed by atoms with Crippen LogP contribution < -0.4 is 0 Å².